The fourth-order valence-corrected chi connectivity index (χ4v) is 0.427. The minimum Gasteiger partial charge on any atom is -0.364 e. The van der Waals surface area contributed by atoms with Crippen LogP contribution in [0.2, 0.25) is 0 Å². The highest BCUT2D eigenvalue weighted by atomic mass is 31.1. The van der Waals surface area contributed by atoms with E-state index in [0.717, 1.165) is 0 Å². The molecule has 0 aromatic rings. The third-order valence-corrected chi connectivity index (χ3v) is 0.888. The van der Waals surface area contributed by atoms with Gasteiger partial charge in [-0.3, -0.25) is 0 Å². The molecule has 0 aliphatic carbocycles. The molecular formula is C2O6P2. The minimum absolute atomic E-state index is 0.956. The summed E-state index contributed by atoms with van der Waals surface area (Å²) in [6.07, 6.45) is 0. The first kappa shape index (κ1) is 9.14. The van der Waals surface area contributed by atoms with Gasteiger partial charge in [0, 0.05) is 0 Å². The Kier molecular flexibility index (Phi) is 4.54. The fourth-order valence-electron chi connectivity index (χ4n) is 0.142. The molecule has 0 fully saturated rings. The normalized spacial score (nSPS) is 9.20. The first-order valence-electron chi connectivity index (χ1n) is 1.80. The van der Waals surface area contributed by atoms with Gasteiger partial charge in [0.25, 0.3) is 0 Å². The summed E-state index contributed by atoms with van der Waals surface area (Å²) in [6, 6.07) is 0. The highest BCUT2D eigenvalue weighted by Crippen LogP contribution is 2.00. The predicted octanol–water partition coefficient (Wildman–Crippen LogP) is 0.486. The average molecular weight is 182 g/mol. The van der Waals surface area contributed by atoms with E-state index in [1.165, 1.54) is 0 Å². The Hall–Kier alpha value is -0.860. The van der Waals surface area contributed by atoms with Gasteiger partial charge < -0.3 is 9.05 Å². The molecule has 6 nitrogen and oxygen atoms in total. The van der Waals surface area contributed by atoms with Crippen molar-refractivity contribution in [2.24, 2.45) is 0 Å². The number of carbonyl (C=O) groups is 2. The standard InChI is InChI=1S/C2O6P2/c3-1(7-9-5)2(4)8-10-6. The number of carbonyl (C=O) groups excluding carboxylic acids is 2. The van der Waals surface area contributed by atoms with Crippen molar-refractivity contribution in [2.75, 3.05) is 0 Å². The molecule has 10 heavy (non-hydrogen) atoms. The van der Waals surface area contributed by atoms with Crippen LogP contribution in [-0.4, -0.2) is 11.9 Å². The van der Waals surface area contributed by atoms with Gasteiger partial charge in [-0.05, 0) is 0 Å². The van der Waals surface area contributed by atoms with Crippen molar-refractivity contribution in [1.29, 1.82) is 0 Å². The number of hydrogen-bond acceptors (Lipinski definition) is 6. The summed E-state index contributed by atoms with van der Waals surface area (Å²) in [4.78, 5) is 20.2. The molecular weight excluding hydrogens is 182 g/mol. The van der Waals surface area contributed by atoms with E-state index >= 15 is 0 Å². The first-order chi connectivity index (χ1) is 4.72. The highest BCUT2D eigenvalue weighted by molar-refractivity contribution is 7.19. The van der Waals surface area contributed by atoms with Crippen LogP contribution in [-0.2, 0) is 27.8 Å². The lowest BCUT2D eigenvalue weighted by Gasteiger charge is -1.87. The van der Waals surface area contributed by atoms with Gasteiger partial charge in [-0.15, -0.1) is 0 Å². The molecule has 54 valence electrons. The fraction of sp³-hybridized carbons (Fsp3) is 0. The maximum absolute atomic E-state index is 10.1. The van der Waals surface area contributed by atoms with Crippen molar-refractivity contribution in [3.63, 3.8) is 0 Å². The molecule has 8 heteroatoms. The Morgan fingerprint density at radius 3 is 1.40 bits per heavy atom. The molecule has 0 N–H and O–H groups in total. The Balaban J connectivity index is 3.81. The molecule has 0 unspecified atom stereocenters. The molecule has 0 amide bonds. The third kappa shape index (κ3) is 3.22. The molecule has 0 atom stereocenters. The number of hydrogen-bond donors (Lipinski definition) is 0. The second kappa shape index (κ2) is 4.97. The first-order valence-corrected chi connectivity index (χ1v) is 3.26. The van der Waals surface area contributed by atoms with E-state index in [1.54, 1.807) is 0 Å². The monoisotopic (exact) mass is 182 g/mol. The van der Waals surface area contributed by atoms with Gasteiger partial charge in [0.05, 0.1) is 0 Å². The van der Waals surface area contributed by atoms with Crippen LogP contribution in [0.15, 0.2) is 0 Å². The van der Waals surface area contributed by atoms with Gasteiger partial charge in [-0.25, -0.2) is 18.7 Å². The zero-order chi connectivity index (χ0) is 7.98. The van der Waals surface area contributed by atoms with Crippen LogP contribution in [0.5, 0.6) is 0 Å². The van der Waals surface area contributed by atoms with E-state index in [-0.39, 0.29) is 0 Å². The Morgan fingerprint density at radius 2 is 1.20 bits per heavy atom. The number of rotatable bonds is 2. The summed E-state index contributed by atoms with van der Waals surface area (Å²) in [6.45, 7) is 0. The molecule has 0 aliphatic heterocycles. The SMILES string of the molecule is O=POC(=O)C(=O)OP=O. The summed E-state index contributed by atoms with van der Waals surface area (Å²) >= 11 is 0. The van der Waals surface area contributed by atoms with Gasteiger partial charge >= 0.3 is 29.3 Å². The van der Waals surface area contributed by atoms with Crippen LogP contribution in [0.4, 0.5) is 0 Å². The lowest BCUT2D eigenvalue weighted by atomic mass is 10.7. The van der Waals surface area contributed by atoms with Gasteiger partial charge in [0.1, 0.15) is 0 Å². The molecule has 0 aliphatic rings. The van der Waals surface area contributed by atoms with Crippen LogP contribution >= 0.6 is 17.4 Å². The van der Waals surface area contributed by atoms with Crippen molar-refractivity contribution in [3.8, 4) is 0 Å². The van der Waals surface area contributed by atoms with Gasteiger partial charge in [-0.2, -0.15) is 0 Å². The van der Waals surface area contributed by atoms with Gasteiger partial charge in [0.2, 0.25) is 0 Å². The van der Waals surface area contributed by atoms with E-state index in [2.05, 4.69) is 9.05 Å². The molecule has 0 bridgehead atoms. The molecule has 0 spiro atoms. The smallest absolute Gasteiger partial charge is 0.364 e. The van der Waals surface area contributed by atoms with Crippen molar-refractivity contribution in [3.05, 3.63) is 0 Å². The average Bonchev–Trinajstić information content (AvgIpc) is 1.89. The summed E-state index contributed by atoms with van der Waals surface area (Å²) in [5, 5.41) is 0. The van der Waals surface area contributed by atoms with Crippen LogP contribution in [0.25, 0.3) is 0 Å². The Bertz CT molecular complexity index is 155. The van der Waals surface area contributed by atoms with Crippen LogP contribution in [0.1, 0.15) is 0 Å². The Labute approximate surface area is 58.1 Å². The lowest BCUT2D eigenvalue weighted by Crippen LogP contribution is -2.12. The van der Waals surface area contributed by atoms with Crippen molar-refractivity contribution >= 4 is 29.3 Å². The van der Waals surface area contributed by atoms with E-state index < -0.39 is 29.3 Å². The van der Waals surface area contributed by atoms with E-state index in [1.807, 2.05) is 0 Å². The van der Waals surface area contributed by atoms with Crippen molar-refractivity contribution in [2.45, 2.75) is 0 Å². The molecule has 0 aromatic carbocycles. The molecule has 0 heterocycles. The second-order valence-corrected chi connectivity index (χ2v) is 1.57. The maximum atomic E-state index is 10.1. The topological polar surface area (TPSA) is 86.7 Å². The largest absolute Gasteiger partial charge is 0.428 e. The summed E-state index contributed by atoms with van der Waals surface area (Å²) < 4.78 is 26.2. The minimum atomic E-state index is -1.46. The molecule has 0 saturated heterocycles. The van der Waals surface area contributed by atoms with E-state index in [4.69, 9.17) is 0 Å². The van der Waals surface area contributed by atoms with Crippen LogP contribution in [0.3, 0.4) is 0 Å². The maximum Gasteiger partial charge on any atom is 0.428 e. The van der Waals surface area contributed by atoms with Gasteiger partial charge in [-0.1, -0.05) is 0 Å². The molecule has 0 rings (SSSR count). The van der Waals surface area contributed by atoms with E-state index in [9.17, 15) is 18.7 Å². The summed E-state index contributed by atoms with van der Waals surface area (Å²) in [5.74, 6) is -2.92. The van der Waals surface area contributed by atoms with Crippen LogP contribution < -0.4 is 0 Å². The molecule has 0 aromatic heterocycles. The Morgan fingerprint density at radius 1 is 0.900 bits per heavy atom. The molecule has 0 radical (unpaired) electrons. The summed E-state index contributed by atoms with van der Waals surface area (Å²) in [7, 11) is -1.91. The van der Waals surface area contributed by atoms with Gasteiger partial charge in [0.15, 0.2) is 0 Å². The predicted molar refractivity (Wildman–Crippen MR) is 27.4 cm³/mol. The lowest BCUT2D eigenvalue weighted by molar-refractivity contribution is -0.155. The second-order valence-electron chi connectivity index (χ2n) is 0.907. The quantitative estimate of drug-likeness (QED) is 0.456. The third-order valence-electron chi connectivity index (χ3n) is 0.407. The van der Waals surface area contributed by atoms with E-state index in [0.29, 0.717) is 0 Å². The summed E-state index contributed by atoms with van der Waals surface area (Å²) in [5.41, 5.74) is 0. The zero-order valence-electron chi connectivity index (χ0n) is 4.34. The van der Waals surface area contributed by atoms with Crippen LogP contribution in [0, 0.1) is 0 Å². The van der Waals surface area contributed by atoms with Crippen molar-refractivity contribution in [1.82, 2.24) is 0 Å². The van der Waals surface area contributed by atoms with Crippen molar-refractivity contribution < 1.29 is 27.8 Å². The molecule has 0 saturated carbocycles. The zero-order valence-corrected chi connectivity index (χ0v) is 6.13. The highest BCUT2D eigenvalue weighted by Gasteiger charge is 2.17.